The lowest BCUT2D eigenvalue weighted by Gasteiger charge is -2.10. The van der Waals surface area contributed by atoms with Crippen LogP contribution in [0.25, 0.3) is 0 Å². The van der Waals surface area contributed by atoms with Crippen molar-refractivity contribution >= 4 is 11.6 Å². The van der Waals surface area contributed by atoms with E-state index in [0.717, 1.165) is 6.42 Å². The van der Waals surface area contributed by atoms with Gasteiger partial charge in [0.15, 0.2) is 0 Å². The third-order valence-corrected chi connectivity index (χ3v) is 3.37. The Morgan fingerprint density at radius 1 is 1.40 bits per heavy atom. The Morgan fingerprint density at radius 3 is 2.50 bits per heavy atom. The zero-order valence-corrected chi connectivity index (χ0v) is 6.77. The van der Waals surface area contributed by atoms with Crippen LogP contribution in [0.2, 0.25) is 0 Å². The molecule has 0 aromatic heterocycles. The number of halogens is 1. The van der Waals surface area contributed by atoms with Gasteiger partial charge in [-0.25, -0.2) is 0 Å². The van der Waals surface area contributed by atoms with Crippen molar-refractivity contribution in [3.63, 3.8) is 0 Å². The summed E-state index contributed by atoms with van der Waals surface area (Å²) in [7, 11) is 0. The fraction of sp³-hybridized carbons (Fsp3) is 1.00. The van der Waals surface area contributed by atoms with E-state index < -0.39 is 0 Å². The second-order valence-corrected chi connectivity index (χ2v) is 3.95. The quantitative estimate of drug-likeness (QED) is 0.611. The molecule has 10 heavy (non-hydrogen) atoms. The van der Waals surface area contributed by atoms with Gasteiger partial charge in [0.2, 0.25) is 0 Å². The van der Waals surface area contributed by atoms with E-state index >= 15 is 0 Å². The summed E-state index contributed by atoms with van der Waals surface area (Å²) in [5, 5.41) is 9.82. The van der Waals surface area contributed by atoms with Gasteiger partial charge in [0.25, 0.3) is 0 Å². The summed E-state index contributed by atoms with van der Waals surface area (Å²) in [6.07, 6.45) is 4.60. The van der Waals surface area contributed by atoms with Crippen molar-refractivity contribution in [2.45, 2.75) is 31.3 Å². The average molecular weight is 161 g/mol. The van der Waals surface area contributed by atoms with Crippen LogP contribution in [0.5, 0.6) is 0 Å². The third-order valence-electron chi connectivity index (χ3n) is 3.19. The molecule has 2 heteroatoms. The molecule has 58 valence electrons. The predicted octanol–water partition coefficient (Wildman–Crippen LogP) is 1.78. The van der Waals surface area contributed by atoms with Crippen molar-refractivity contribution in [3.8, 4) is 0 Å². The van der Waals surface area contributed by atoms with Crippen molar-refractivity contribution in [1.82, 2.24) is 0 Å². The van der Waals surface area contributed by atoms with Crippen molar-refractivity contribution in [2.75, 3.05) is 5.88 Å². The number of alkyl halides is 1. The van der Waals surface area contributed by atoms with Gasteiger partial charge in [-0.2, -0.15) is 0 Å². The molecule has 2 rings (SSSR count). The Hall–Kier alpha value is 0.250. The first kappa shape index (κ1) is 6.93. The molecule has 0 aromatic carbocycles. The average Bonchev–Trinajstić information content (AvgIpc) is 2.30. The summed E-state index contributed by atoms with van der Waals surface area (Å²) < 4.78 is 0. The van der Waals surface area contributed by atoms with Gasteiger partial charge in [-0.05, 0) is 31.1 Å². The maximum Gasteiger partial charge on any atom is 0.0722 e. The lowest BCUT2D eigenvalue weighted by Crippen LogP contribution is -2.15. The fourth-order valence-corrected chi connectivity index (χ4v) is 2.87. The highest BCUT2D eigenvalue weighted by Crippen LogP contribution is 2.62. The summed E-state index contributed by atoms with van der Waals surface area (Å²) in [6.45, 7) is 0. The van der Waals surface area contributed by atoms with Gasteiger partial charge in [0.05, 0.1) is 5.60 Å². The second kappa shape index (κ2) is 2.12. The lowest BCUT2D eigenvalue weighted by molar-refractivity contribution is 0.103. The zero-order chi connectivity index (χ0) is 7.19. The largest absolute Gasteiger partial charge is 0.389 e. The Morgan fingerprint density at radius 2 is 2.00 bits per heavy atom. The van der Waals surface area contributed by atoms with Gasteiger partial charge in [-0.15, -0.1) is 11.6 Å². The van der Waals surface area contributed by atoms with Gasteiger partial charge < -0.3 is 5.11 Å². The van der Waals surface area contributed by atoms with Crippen LogP contribution in [0, 0.1) is 11.8 Å². The van der Waals surface area contributed by atoms with Crippen LogP contribution < -0.4 is 0 Å². The van der Waals surface area contributed by atoms with Crippen LogP contribution in [-0.4, -0.2) is 16.6 Å². The van der Waals surface area contributed by atoms with E-state index in [1.54, 1.807) is 0 Å². The molecule has 1 nitrogen and oxygen atoms in total. The zero-order valence-electron chi connectivity index (χ0n) is 6.02. The minimum absolute atomic E-state index is 0.319. The highest BCUT2D eigenvalue weighted by Gasteiger charge is 2.64. The molecular weight excluding hydrogens is 148 g/mol. The van der Waals surface area contributed by atoms with E-state index in [-0.39, 0.29) is 5.60 Å². The smallest absolute Gasteiger partial charge is 0.0722 e. The van der Waals surface area contributed by atoms with E-state index in [4.69, 9.17) is 11.6 Å². The van der Waals surface area contributed by atoms with Gasteiger partial charge in [-0.1, -0.05) is 6.42 Å². The summed E-state index contributed by atoms with van der Waals surface area (Å²) in [4.78, 5) is 0. The number of hydrogen-bond donors (Lipinski definition) is 1. The molecule has 2 aliphatic carbocycles. The highest BCUT2D eigenvalue weighted by molar-refractivity contribution is 6.17. The molecule has 1 N–H and O–H groups in total. The Bertz CT molecular complexity index is 136. The molecule has 0 spiro atoms. The molecule has 0 heterocycles. The summed E-state index contributed by atoms with van der Waals surface area (Å²) in [5.41, 5.74) is -0.319. The summed E-state index contributed by atoms with van der Waals surface area (Å²) in [5.74, 6) is 1.85. The monoisotopic (exact) mass is 160 g/mol. The van der Waals surface area contributed by atoms with Crippen LogP contribution in [0.3, 0.4) is 0 Å². The second-order valence-electron chi connectivity index (χ2n) is 3.57. The Balaban J connectivity index is 1.96. The highest BCUT2D eigenvalue weighted by atomic mass is 35.5. The normalized spacial score (nSPS) is 51.0. The molecule has 0 bridgehead atoms. The molecule has 2 atom stereocenters. The molecule has 2 fully saturated rings. The molecule has 0 aliphatic heterocycles. The van der Waals surface area contributed by atoms with Crippen LogP contribution in [0.15, 0.2) is 0 Å². The van der Waals surface area contributed by atoms with E-state index in [1.807, 2.05) is 0 Å². The predicted molar refractivity (Wildman–Crippen MR) is 41.1 cm³/mol. The van der Waals surface area contributed by atoms with E-state index in [0.29, 0.717) is 17.7 Å². The molecule has 0 aromatic rings. The van der Waals surface area contributed by atoms with Crippen LogP contribution in [0.1, 0.15) is 25.7 Å². The summed E-state index contributed by atoms with van der Waals surface area (Å²) in [6, 6.07) is 0. The van der Waals surface area contributed by atoms with Crippen LogP contribution >= 0.6 is 11.6 Å². The molecule has 2 saturated carbocycles. The Labute approximate surface area is 66.4 Å². The number of rotatable bonds is 2. The summed E-state index contributed by atoms with van der Waals surface area (Å²) >= 11 is 5.58. The molecule has 0 saturated heterocycles. The number of aliphatic hydroxyl groups is 1. The molecule has 0 radical (unpaired) electrons. The van der Waals surface area contributed by atoms with Crippen molar-refractivity contribution < 1.29 is 5.11 Å². The molecule has 2 unspecified atom stereocenters. The maximum atomic E-state index is 9.82. The number of fused-ring (bicyclic) bond motifs is 1. The lowest BCUT2D eigenvalue weighted by atomic mass is 10.1. The molecular formula is C8H13ClO. The first-order chi connectivity index (χ1) is 4.79. The fourth-order valence-electron chi connectivity index (χ4n) is 2.57. The van der Waals surface area contributed by atoms with Gasteiger partial charge in [0.1, 0.15) is 0 Å². The van der Waals surface area contributed by atoms with Crippen molar-refractivity contribution in [2.24, 2.45) is 11.8 Å². The van der Waals surface area contributed by atoms with Gasteiger partial charge in [-0.3, -0.25) is 0 Å². The SMILES string of the molecule is OC1(CCCl)C2CCCC21. The first-order valence-corrected chi connectivity index (χ1v) is 4.61. The molecule has 0 amide bonds. The first-order valence-electron chi connectivity index (χ1n) is 4.07. The van der Waals surface area contributed by atoms with E-state index in [2.05, 4.69) is 0 Å². The topological polar surface area (TPSA) is 20.2 Å². The minimum Gasteiger partial charge on any atom is -0.389 e. The van der Waals surface area contributed by atoms with E-state index in [1.165, 1.54) is 19.3 Å². The van der Waals surface area contributed by atoms with Gasteiger partial charge in [0, 0.05) is 5.88 Å². The van der Waals surface area contributed by atoms with Crippen molar-refractivity contribution in [3.05, 3.63) is 0 Å². The third kappa shape index (κ3) is 0.737. The Kier molecular flexibility index (Phi) is 1.47. The van der Waals surface area contributed by atoms with Crippen molar-refractivity contribution in [1.29, 1.82) is 0 Å². The number of hydrogen-bond acceptors (Lipinski definition) is 1. The minimum atomic E-state index is -0.319. The van der Waals surface area contributed by atoms with Gasteiger partial charge >= 0.3 is 0 Å². The van der Waals surface area contributed by atoms with Crippen LogP contribution in [-0.2, 0) is 0 Å². The molecule has 2 aliphatic rings. The maximum absolute atomic E-state index is 9.82. The van der Waals surface area contributed by atoms with Crippen LogP contribution in [0.4, 0.5) is 0 Å². The van der Waals surface area contributed by atoms with E-state index in [9.17, 15) is 5.11 Å². The standard InChI is InChI=1S/C8H13ClO/c9-5-4-8(10)6-2-1-3-7(6)8/h6-7,10H,1-5H2.